The molecule has 1 aromatic rings. The van der Waals surface area contributed by atoms with Gasteiger partial charge in [0.1, 0.15) is 0 Å². The van der Waals surface area contributed by atoms with E-state index in [-0.39, 0.29) is 0 Å². The topological polar surface area (TPSA) is 242 Å². The van der Waals surface area contributed by atoms with Gasteiger partial charge >= 0.3 is 35.5 Å². The minimum Gasteiger partial charge on any atom is -0.467 e. The molecule has 0 bridgehead atoms. The molecule has 1 aliphatic carbocycles. The van der Waals surface area contributed by atoms with Crippen LogP contribution in [0.3, 0.4) is 0 Å². The minimum absolute atomic E-state index is 0.529. The van der Waals surface area contributed by atoms with Gasteiger partial charge in [0.15, 0.2) is 5.69 Å². The van der Waals surface area contributed by atoms with Crippen LogP contribution in [0.5, 0.6) is 0 Å². The van der Waals surface area contributed by atoms with Crippen molar-refractivity contribution in [3.63, 3.8) is 0 Å². The Hall–Kier alpha value is -5.55. The molecule has 0 aromatic heterocycles. The fraction of sp³-hybridized carbons (Fsp3) is 0.286. The number of nitrogens with zero attached hydrogens (tertiary/aromatic N) is 4. The first-order valence-corrected chi connectivity index (χ1v) is 10.1. The van der Waals surface area contributed by atoms with Crippen LogP contribution in [0, 0.1) is 20.2 Å². The lowest BCUT2D eigenvalue weighted by Gasteiger charge is -2.25. The average molecular weight is 550 g/mol. The van der Waals surface area contributed by atoms with Crippen LogP contribution in [0.15, 0.2) is 50.7 Å². The van der Waals surface area contributed by atoms with Gasteiger partial charge in [-0.1, -0.05) is 0 Å². The van der Waals surface area contributed by atoms with Crippen LogP contribution in [0.4, 0.5) is 17.1 Å². The van der Waals surface area contributed by atoms with E-state index in [2.05, 4.69) is 29.2 Å². The highest BCUT2D eigenvalue weighted by Gasteiger charge is 2.63. The number of azo groups is 1. The van der Waals surface area contributed by atoms with Crippen LogP contribution in [-0.4, -0.2) is 80.8 Å². The number of benzene rings is 1. The zero-order valence-corrected chi connectivity index (χ0v) is 20.7. The van der Waals surface area contributed by atoms with E-state index >= 15 is 0 Å². The minimum atomic E-state index is -3.14. The van der Waals surface area contributed by atoms with E-state index in [0.717, 1.165) is 47.7 Å². The second-order valence-electron chi connectivity index (χ2n) is 7.06. The summed E-state index contributed by atoms with van der Waals surface area (Å²) in [7, 11) is 4.11. The lowest BCUT2D eigenvalue weighted by atomic mass is 9.85. The number of hydrogen-bond donors (Lipinski definition) is 0. The van der Waals surface area contributed by atoms with E-state index in [4.69, 9.17) is 4.74 Å². The van der Waals surface area contributed by atoms with E-state index in [0.29, 0.717) is 6.07 Å². The Labute approximate surface area is 217 Å². The SMILES string of the molecule is COC(=O)C1=C(C(=O)OC)C(N=Nc2ccc([N+](=O)[O-])cc2[N+](=O)[O-])(C(=O)OC)C(C(=O)OC)=C1C(=O)OC. The summed E-state index contributed by atoms with van der Waals surface area (Å²) >= 11 is 0. The van der Waals surface area contributed by atoms with Crippen molar-refractivity contribution in [2.24, 2.45) is 10.2 Å². The van der Waals surface area contributed by atoms with Crippen LogP contribution in [0.1, 0.15) is 0 Å². The maximum Gasteiger partial charge on any atom is 0.345 e. The third-order valence-corrected chi connectivity index (χ3v) is 5.19. The number of carbonyl (C=O) groups is 5. The third-order valence-electron chi connectivity index (χ3n) is 5.19. The predicted octanol–water partition coefficient (Wildman–Crippen LogP) is 0.797. The Morgan fingerprint density at radius 3 is 1.54 bits per heavy atom. The monoisotopic (exact) mass is 550 g/mol. The molecule has 0 N–H and O–H groups in total. The van der Waals surface area contributed by atoms with Gasteiger partial charge in [0, 0.05) is 6.07 Å². The Balaban J connectivity index is 3.18. The highest BCUT2D eigenvalue weighted by atomic mass is 16.6. The van der Waals surface area contributed by atoms with E-state index in [1.165, 1.54) is 0 Å². The fourth-order valence-electron chi connectivity index (χ4n) is 3.53. The molecule has 0 amide bonds. The third kappa shape index (κ3) is 5.02. The Morgan fingerprint density at radius 1 is 0.718 bits per heavy atom. The number of hydrogen-bond acceptors (Lipinski definition) is 16. The van der Waals surface area contributed by atoms with Crippen molar-refractivity contribution in [3.05, 3.63) is 60.7 Å². The largest absolute Gasteiger partial charge is 0.467 e. The lowest BCUT2D eigenvalue weighted by Crippen LogP contribution is -2.45. The van der Waals surface area contributed by atoms with Gasteiger partial charge in [0.2, 0.25) is 5.54 Å². The Bertz CT molecular complexity index is 1340. The molecule has 0 fully saturated rings. The molecule has 0 atom stereocenters. The molecule has 39 heavy (non-hydrogen) atoms. The Morgan fingerprint density at radius 2 is 1.18 bits per heavy atom. The van der Waals surface area contributed by atoms with Crippen molar-refractivity contribution in [1.29, 1.82) is 0 Å². The lowest BCUT2D eigenvalue weighted by molar-refractivity contribution is -0.393. The molecule has 0 heterocycles. The van der Waals surface area contributed by atoms with Gasteiger partial charge in [-0.2, -0.15) is 5.11 Å². The number of ether oxygens (including phenoxy) is 5. The summed E-state index contributed by atoms with van der Waals surface area (Å²) in [5.74, 6) is -7.47. The quantitative estimate of drug-likeness (QED) is 0.136. The van der Waals surface area contributed by atoms with Gasteiger partial charge in [-0.25, -0.2) is 24.0 Å². The van der Waals surface area contributed by atoms with Crippen molar-refractivity contribution in [2.75, 3.05) is 35.5 Å². The van der Waals surface area contributed by atoms with Gasteiger partial charge in [-0.15, -0.1) is 5.11 Å². The second-order valence-corrected chi connectivity index (χ2v) is 7.06. The highest BCUT2D eigenvalue weighted by Crippen LogP contribution is 2.47. The molecule has 0 unspecified atom stereocenters. The molecule has 18 heteroatoms. The normalized spacial score (nSPS) is 14.1. The Kier molecular flexibility index (Phi) is 8.88. The highest BCUT2D eigenvalue weighted by molar-refractivity contribution is 6.25. The summed E-state index contributed by atoms with van der Waals surface area (Å²) in [6.07, 6.45) is 0. The molecule has 0 saturated carbocycles. The summed E-state index contributed by atoms with van der Waals surface area (Å²) in [6, 6.07) is 2.13. The molecule has 0 spiro atoms. The second kappa shape index (κ2) is 11.7. The molecule has 1 aliphatic rings. The van der Waals surface area contributed by atoms with Crippen LogP contribution >= 0.6 is 0 Å². The molecular formula is C21H18N4O14. The first-order chi connectivity index (χ1) is 18.4. The van der Waals surface area contributed by atoms with Crippen LogP contribution in [-0.2, 0) is 47.7 Å². The summed E-state index contributed by atoms with van der Waals surface area (Å²) in [4.78, 5) is 85.5. The molecule has 1 aromatic carbocycles. The average Bonchev–Trinajstić information content (AvgIpc) is 3.25. The maximum absolute atomic E-state index is 13.3. The van der Waals surface area contributed by atoms with Crippen LogP contribution in [0.2, 0.25) is 0 Å². The number of carbonyl (C=O) groups excluding carboxylic acids is 5. The summed E-state index contributed by atoms with van der Waals surface area (Å²) in [6.45, 7) is 0. The summed E-state index contributed by atoms with van der Waals surface area (Å²) < 4.78 is 23.3. The van der Waals surface area contributed by atoms with Gasteiger partial charge in [0.25, 0.3) is 5.69 Å². The van der Waals surface area contributed by atoms with Gasteiger partial charge in [0.05, 0.1) is 73.8 Å². The van der Waals surface area contributed by atoms with Crippen molar-refractivity contribution >= 4 is 46.9 Å². The number of esters is 5. The molecule has 0 aliphatic heterocycles. The number of nitro groups is 2. The number of methoxy groups -OCH3 is 5. The van der Waals surface area contributed by atoms with Gasteiger partial charge in [-0.3, -0.25) is 20.2 Å². The summed E-state index contributed by atoms with van der Waals surface area (Å²) in [5.41, 5.74) is -9.71. The molecular weight excluding hydrogens is 532 g/mol. The fourth-order valence-corrected chi connectivity index (χ4v) is 3.53. The van der Waals surface area contributed by atoms with Crippen molar-refractivity contribution in [2.45, 2.75) is 5.54 Å². The summed E-state index contributed by atoms with van der Waals surface area (Å²) in [5, 5.41) is 29.9. The molecule has 18 nitrogen and oxygen atoms in total. The molecule has 2 rings (SSSR count). The zero-order valence-electron chi connectivity index (χ0n) is 20.7. The number of rotatable bonds is 9. The molecule has 0 radical (unpaired) electrons. The molecule has 0 saturated heterocycles. The first-order valence-electron chi connectivity index (χ1n) is 10.1. The predicted molar refractivity (Wildman–Crippen MR) is 121 cm³/mol. The van der Waals surface area contributed by atoms with Crippen molar-refractivity contribution in [1.82, 2.24) is 0 Å². The van der Waals surface area contributed by atoms with Gasteiger partial charge < -0.3 is 23.7 Å². The standard InChI is InChI=1S/C21H18N4O14/c1-35-16(26)12-13(17(27)36-2)15(19(29)38-4)21(20(30)39-5,14(12)18(28)37-3)23-22-10-7-6-9(24(31)32)8-11(10)25(33)34/h6-8H,1-5H3. The van der Waals surface area contributed by atoms with Crippen LogP contribution < -0.4 is 0 Å². The smallest absolute Gasteiger partial charge is 0.345 e. The maximum atomic E-state index is 13.3. The first kappa shape index (κ1) is 29.7. The zero-order chi connectivity index (χ0) is 29.7. The van der Waals surface area contributed by atoms with Gasteiger partial charge in [-0.05, 0) is 6.07 Å². The number of non-ortho nitro benzene ring substituents is 1. The van der Waals surface area contributed by atoms with Crippen LogP contribution in [0.25, 0.3) is 0 Å². The van der Waals surface area contributed by atoms with E-state index < -0.39 is 84.6 Å². The van der Waals surface area contributed by atoms with Crippen molar-refractivity contribution < 1.29 is 57.5 Å². The van der Waals surface area contributed by atoms with Crippen molar-refractivity contribution in [3.8, 4) is 0 Å². The van der Waals surface area contributed by atoms with E-state index in [9.17, 15) is 44.2 Å². The van der Waals surface area contributed by atoms with E-state index in [1.54, 1.807) is 0 Å². The van der Waals surface area contributed by atoms with E-state index in [1.807, 2.05) is 0 Å². The number of nitro benzene ring substituents is 2. The molecule has 206 valence electrons.